The molecule has 9 heteroatoms. The number of piperidine rings is 1. The van der Waals surface area contributed by atoms with Crippen molar-refractivity contribution < 1.29 is 18.3 Å². The van der Waals surface area contributed by atoms with Gasteiger partial charge in [-0.3, -0.25) is 4.79 Å². The van der Waals surface area contributed by atoms with Crippen molar-refractivity contribution in [2.24, 2.45) is 17.0 Å². The predicted molar refractivity (Wildman–Crippen MR) is 75.3 cm³/mol. The van der Waals surface area contributed by atoms with Crippen molar-refractivity contribution >= 4 is 32.5 Å². The Kier molecular flexibility index (Phi) is 4.03. The summed E-state index contributed by atoms with van der Waals surface area (Å²) < 4.78 is 22.9. The van der Waals surface area contributed by atoms with E-state index in [0.29, 0.717) is 30.3 Å². The highest BCUT2D eigenvalue weighted by atomic mass is 32.2. The van der Waals surface area contributed by atoms with Crippen LogP contribution in [0.25, 0.3) is 0 Å². The van der Waals surface area contributed by atoms with Gasteiger partial charge in [-0.05, 0) is 19.3 Å². The molecule has 0 amide bonds. The van der Waals surface area contributed by atoms with Gasteiger partial charge in [0.05, 0.1) is 11.6 Å². The number of aromatic nitrogens is 1. The summed E-state index contributed by atoms with van der Waals surface area (Å²) in [6.07, 6.45) is 0.623. The average Bonchev–Trinajstić information content (AvgIpc) is 2.70. The fourth-order valence-electron chi connectivity index (χ4n) is 2.45. The van der Waals surface area contributed by atoms with Gasteiger partial charge in [0.1, 0.15) is 0 Å². The van der Waals surface area contributed by atoms with Gasteiger partial charge in [-0.1, -0.05) is 18.3 Å². The SMILES string of the molecule is Cc1nc(N2CC(C)CC(C(=O)O)C2)sc1S(N)(=O)=O. The van der Waals surface area contributed by atoms with Crippen molar-refractivity contribution in [1.29, 1.82) is 0 Å². The molecular weight excluding hydrogens is 302 g/mol. The van der Waals surface area contributed by atoms with Gasteiger partial charge in [-0.2, -0.15) is 0 Å². The molecule has 0 spiro atoms. The van der Waals surface area contributed by atoms with E-state index in [1.54, 1.807) is 6.92 Å². The molecule has 1 aliphatic heterocycles. The van der Waals surface area contributed by atoms with Crippen molar-refractivity contribution in [2.75, 3.05) is 18.0 Å². The predicted octanol–water partition coefficient (Wildman–Crippen LogP) is 0.646. The van der Waals surface area contributed by atoms with E-state index in [9.17, 15) is 13.2 Å². The van der Waals surface area contributed by atoms with Crippen LogP contribution in [-0.4, -0.2) is 37.6 Å². The average molecular weight is 319 g/mol. The molecule has 1 aliphatic rings. The normalized spacial score (nSPS) is 23.9. The van der Waals surface area contributed by atoms with Gasteiger partial charge < -0.3 is 10.0 Å². The summed E-state index contributed by atoms with van der Waals surface area (Å²) in [5.41, 5.74) is 0.359. The molecule has 2 atom stereocenters. The fraction of sp³-hybridized carbons (Fsp3) is 0.636. The zero-order chi connectivity index (χ0) is 15.1. The second-order valence-electron chi connectivity index (χ2n) is 5.20. The zero-order valence-corrected chi connectivity index (χ0v) is 12.9. The first kappa shape index (κ1) is 15.2. The summed E-state index contributed by atoms with van der Waals surface area (Å²) in [7, 11) is -3.78. The quantitative estimate of drug-likeness (QED) is 0.845. The van der Waals surface area contributed by atoms with E-state index in [1.165, 1.54) is 0 Å². The van der Waals surface area contributed by atoms with Crippen molar-refractivity contribution in [2.45, 2.75) is 24.5 Å². The molecule has 0 aliphatic carbocycles. The zero-order valence-electron chi connectivity index (χ0n) is 11.2. The van der Waals surface area contributed by atoms with Gasteiger partial charge in [0.15, 0.2) is 9.34 Å². The Balaban J connectivity index is 2.30. The van der Waals surface area contributed by atoms with Crippen LogP contribution in [0.1, 0.15) is 19.0 Å². The molecule has 1 saturated heterocycles. The van der Waals surface area contributed by atoms with Gasteiger partial charge >= 0.3 is 5.97 Å². The maximum atomic E-state index is 11.4. The largest absolute Gasteiger partial charge is 0.481 e. The van der Waals surface area contributed by atoms with Crippen molar-refractivity contribution in [3.05, 3.63) is 5.69 Å². The first-order chi connectivity index (χ1) is 9.18. The first-order valence-electron chi connectivity index (χ1n) is 6.16. The van der Waals surface area contributed by atoms with E-state index in [2.05, 4.69) is 4.98 Å². The van der Waals surface area contributed by atoms with Crippen LogP contribution in [0, 0.1) is 18.8 Å². The molecule has 2 unspecified atom stereocenters. The molecule has 0 saturated carbocycles. The highest BCUT2D eigenvalue weighted by molar-refractivity contribution is 7.91. The lowest BCUT2D eigenvalue weighted by atomic mass is 9.91. The first-order valence-corrected chi connectivity index (χ1v) is 8.52. The molecular formula is C11H17N3O4S2. The lowest BCUT2D eigenvalue weighted by Crippen LogP contribution is -2.42. The molecule has 2 heterocycles. The molecule has 2 rings (SSSR count). The minimum Gasteiger partial charge on any atom is -0.481 e. The van der Waals surface area contributed by atoms with Crippen LogP contribution >= 0.6 is 11.3 Å². The molecule has 112 valence electrons. The van der Waals surface area contributed by atoms with Crippen LogP contribution in [0.15, 0.2) is 4.21 Å². The van der Waals surface area contributed by atoms with E-state index in [-0.39, 0.29) is 10.1 Å². The minimum atomic E-state index is -3.78. The maximum Gasteiger partial charge on any atom is 0.308 e. The summed E-state index contributed by atoms with van der Waals surface area (Å²) in [6, 6.07) is 0. The van der Waals surface area contributed by atoms with Crippen LogP contribution in [0.3, 0.4) is 0 Å². The smallest absolute Gasteiger partial charge is 0.308 e. The molecule has 0 bridgehead atoms. The Morgan fingerprint density at radius 3 is 2.65 bits per heavy atom. The summed E-state index contributed by atoms with van der Waals surface area (Å²) in [6.45, 7) is 4.57. The minimum absolute atomic E-state index is 0.0394. The molecule has 0 radical (unpaired) electrons. The van der Waals surface area contributed by atoms with Crippen LogP contribution < -0.4 is 10.0 Å². The number of aryl methyl sites for hydroxylation is 1. The van der Waals surface area contributed by atoms with E-state index in [4.69, 9.17) is 10.2 Å². The number of hydrogen-bond donors (Lipinski definition) is 2. The maximum absolute atomic E-state index is 11.4. The van der Waals surface area contributed by atoms with Crippen molar-refractivity contribution in [3.63, 3.8) is 0 Å². The second-order valence-corrected chi connectivity index (χ2v) is 7.93. The summed E-state index contributed by atoms with van der Waals surface area (Å²) in [5, 5.41) is 14.8. The molecule has 3 N–H and O–H groups in total. The second kappa shape index (κ2) is 5.30. The number of anilines is 1. The number of aliphatic carboxylic acids is 1. The van der Waals surface area contributed by atoms with Gasteiger partial charge in [0.25, 0.3) is 0 Å². The standard InChI is InChI=1S/C11H17N3O4S2/c1-6-3-8(9(15)16)5-14(4-6)11-13-7(2)10(19-11)20(12,17)18/h6,8H,3-5H2,1-2H3,(H,15,16)(H2,12,17,18). The summed E-state index contributed by atoms with van der Waals surface area (Å²) in [5.74, 6) is -1.07. The van der Waals surface area contributed by atoms with Crippen LogP contribution in [0.4, 0.5) is 5.13 Å². The molecule has 1 aromatic rings. The fourth-order valence-corrected chi connectivity index (χ4v) is 4.42. The number of thiazole rings is 1. The Labute approximate surface area is 121 Å². The number of sulfonamides is 1. The topological polar surface area (TPSA) is 114 Å². The molecule has 0 aromatic carbocycles. The lowest BCUT2D eigenvalue weighted by molar-refractivity contribution is -0.142. The molecule has 20 heavy (non-hydrogen) atoms. The third kappa shape index (κ3) is 3.10. The van der Waals surface area contributed by atoms with Gasteiger partial charge in [-0.25, -0.2) is 18.5 Å². The Morgan fingerprint density at radius 2 is 2.15 bits per heavy atom. The van der Waals surface area contributed by atoms with Gasteiger partial charge in [-0.15, -0.1) is 0 Å². The lowest BCUT2D eigenvalue weighted by Gasteiger charge is -2.34. The molecule has 7 nitrogen and oxygen atoms in total. The third-order valence-electron chi connectivity index (χ3n) is 3.28. The Hall–Kier alpha value is -1.19. The van der Waals surface area contributed by atoms with E-state index < -0.39 is 21.9 Å². The number of carboxylic acid groups (broad SMARTS) is 1. The third-order valence-corrected chi connectivity index (χ3v) is 6.05. The van der Waals surface area contributed by atoms with E-state index >= 15 is 0 Å². The van der Waals surface area contributed by atoms with Gasteiger partial charge in [0.2, 0.25) is 10.0 Å². The Morgan fingerprint density at radius 1 is 1.50 bits per heavy atom. The molecule has 1 fully saturated rings. The highest BCUT2D eigenvalue weighted by Crippen LogP contribution is 2.33. The monoisotopic (exact) mass is 319 g/mol. The van der Waals surface area contributed by atoms with Gasteiger partial charge in [0, 0.05) is 13.1 Å². The summed E-state index contributed by atoms with van der Waals surface area (Å²) >= 11 is 0.998. The van der Waals surface area contributed by atoms with E-state index in [1.807, 2.05) is 11.8 Å². The number of carboxylic acids is 1. The highest BCUT2D eigenvalue weighted by Gasteiger charge is 2.31. The number of primary sulfonamides is 1. The van der Waals surface area contributed by atoms with Crippen LogP contribution in [-0.2, 0) is 14.8 Å². The van der Waals surface area contributed by atoms with Crippen molar-refractivity contribution in [3.8, 4) is 0 Å². The number of hydrogen-bond acceptors (Lipinski definition) is 6. The number of carbonyl (C=O) groups is 1. The van der Waals surface area contributed by atoms with Crippen LogP contribution in [0.2, 0.25) is 0 Å². The number of rotatable bonds is 3. The summed E-state index contributed by atoms with van der Waals surface area (Å²) in [4.78, 5) is 17.2. The molecule has 1 aromatic heterocycles. The van der Waals surface area contributed by atoms with Crippen LogP contribution in [0.5, 0.6) is 0 Å². The number of nitrogens with zero attached hydrogens (tertiary/aromatic N) is 2. The Bertz CT molecular complexity index is 626. The number of nitrogens with two attached hydrogens (primary N) is 1. The van der Waals surface area contributed by atoms with E-state index in [0.717, 1.165) is 11.3 Å². The van der Waals surface area contributed by atoms with Crippen molar-refractivity contribution in [1.82, 2.24) is 4.98 Å².